The summed E-state index contributed by atoms with van der Waals surface area (Å²) in [5.74, 6) is -1.42. The number of likely N-dealkylation sites (tertiary alicyclic amines) is 1. The highest BCUT2D eigenvalue weighted by Gasteiger charge is 2.32. The van der Waals surface area contributed by atoms with E-state index in [0.717, 1.165) is 31.5 Å². The van der Waals surface area contributed by atoms with E-state index in [1.165, 1.54) is 4.90 Å². The van der Waals surface area contributed by atoms with Crippen LogP contribution in [0.25, 0.3) is 5.69 Å². The van der Waals surface area contributed by atoms with Gasteiger partial charge < -0.3 is 9.64 Å². The van der Waals surface area contributed by atoms with E-state index in [0.29, 0.717) is 25.1 Å². The van der Waals surface area contributed by atoms with Crippen LogP contribution in [-0.2, 0) is 16.1 Å². The molecule has 1 fully saturated rings. The molecule has 1 aliphatic heterocycles. The molecule has 1 amide bonds. The number of esters is 1. The zero-order valence-corrected chi connectivity index (χ0v) is 21.7. The van der Waals surface area contributed by atoms with Crippen LogP contribution in [0, 0.1) is 26.7 Å². The summed E-state index contributed by atoms with van der Waals surface area (Å²) >= 11 is 0. The highest BCUT2D eigenvalue weighted by Crippen LogP contribution is 2.19. The summed E-state index contributed by atoms with van der Waals surface area (Å²) in [7, 11) is 0. The van der Waals surface area contributed by atoms with Gasteiger partial charge in [-0.2, -0.15) is 9.78 Å². The third-order valence-electron chi connectivity index (χ3n) is 6.50. The number of ether oxygens (including phenoxy) is 1. The number of benzene rings is 2. The number of aromatic nitrogens is 3. The summed E-state index contributed by atoms with van der Waals surface area (Å²) in [6, 6.07) is 13.0. The number of carbonyl (C=O) groups is 2. The highest BCUT2D eigenvalue weighted by atomic mass is 16.5. The number of amides is 1. The van der Waals surface area contributed by atoms with E-state index < -0.39 is 23.1 Å². The van der Waals surface area contributed by atoms with Crippen molar-refractivity contribution in [1.29, 1.82) is 0 Å². The number of rotatable bonds is 6. The minimum Gasteiger partial charge on any atom is -0.466 e. The van der Waals surface area contributed by atoms with Crippen molar-refractivity contribution < 1.29 is 14.3 Å². The number of aryl methyl sites for hydroxylation is 3. The Morgan fingerprint density at radius 1 is 1.00 bits per heavy atom. The second-order valence-corrected chi connectivity index (χ2v) is 9.61. The molecule has 1 saturated heterocycles. The van der Waals surface area contributed by atoms with Gasteiger partial charge in [-0.15, -0.1) is 0 Å². The smallest absolute Gasteiger partial charge is 0.352 e. The maximum Gasteiger partial charge on any atom is 0.352 e. The van der Waals surface area contributed by atoms with Gasteiger partial charge in [-0.1, -0.05) is 35.9 Å². The zero-order valence-electron chi connectivity index (χ0n) is 21.7. The SMILES string of the molecule is CCOC(=O)[C@H]1CCCN(C(=O)c2nn(-c3cc(C)cc(C)c3)c(=O)n(Cc3ccc(C)cc3)c2=O)C1. The first-order chi connectivity index (χ1) is 17.7. The minimum absolute atomic E-state index is 0.00298. The third-order valence-corrected chi connectivity index (χ3v) is 6.50. The highest BCUT2D eigenvalue weighted by molar-refractivity contribution is 5.92. The molecule has 9 heteroatoms. The van der Waals surface area contributed by atoms with Gasteiger partial charge in [-0.05, 0) is 69.4 Å². The molecule has 0 spiro atoms. The van der Waals surface area contributed by atoms with Crippen molar-refractivity contribution >= 4 is 11.9 Å². The first kappa shape index (κ1) is 26.1. The van der Waals surface area contributed by atoms with Crippen LogP contribution in [0.1, 0.15) is 52.5 Å². The van der Waals surface area contributed by atoms with Crippen molar-refractivity contribution in [3.05, 3.63) is 91.3 Å². The van der Waals surface area contributed by atoms with E-state index in [2.05, 4.69) is 5.10 Å². The first-order valence-corrected chi connectivity index (χ1v) is 12.5. The Balaban J connectivity index is 1.81. The third kappa shape index (κ3) is 5.71. The number of piperidine rings is 1. The van der Waals surface area contributed by atoms with Crippen LogP contribution in [0.4, 0.5) is 0 Å². The van der Waals surface area contributed by atoms with E-state index in [-0.39, 0.29) is 31.4 Å². The summed E-state index contributed by atoms with van der Waals surface area (Å²) in [5.41, 5.74) is 2.37. The Kier molecular flexibility index (Phi) is 7.71. The average Bonchev–Trinajstić information content (AvgIpc) is 2.87. The van der Waals surface area contributed by atoms with Crippen LogP contribution in [0.2, 0.25) is 0 Å². The maximum absolute atomic E-state index is 13.6. The topological polar surface area (TPSA) is 104 Å². The lowest BCUT2D eigenvalue weighted by Crippen LogP contribution is -2.49. The van der Waals surface area contributed by atoms with Crippen LogP contribution in [0.5, 0.6) is 0 Å². The number of carbonyl (C=O) groups excluding carboxylic acids is 2. The van der Waals surface area contributed by atoms with E-state index in [1.54, 1.807) is 19.1 Å². The molecule has 194 valence electrons. The molecular formula is C28H32N4O5. The Hall–Kier alpha value is -4.01. The second-order valence-electron chi connectivity index (χ2n) is 9.61. The van der Waals surface area contributed by atoms with Gasteiger partial charge in [0.05, 0.1) is 24.8 Å². The van der Waals surface area contributed by atoms with Gasteiger partial charge in [0.1, 0.15) is 0 Å². The molecule has 37 heavy (non-hydrogen) atoms. The van der Waals surface area contributed by atoms with Gasteiger partial charge in [0.25, 0.3) is 11.5 Å². The molecular weight excluding hydrogens is 472 g/mol. The predicted octanol–water partition coefficient (Wildman–Crippen LogP) is 2.78. The van der Waals surface area contributed by atoms with Crippen molar-refractivity contribution in [1.82, 2.24) is 19.2 Å². The van der Waals surface area contributed by atoms with Crippen LogP contribution in [0.15, 0.2) is 52.1 Å². The van der Waals surface area contributed by atoms with Crippen molar-refractivity contribution in [2.24, 2.45) is 5.92 Å². The van der Waals surface area contributed by atoms with Gasteiger partial charge in [0, 0.05) is 13.1 Å². The molecule has 1 aromatic heterocycles. The molecule has 0 N–H and O–H groups in total. The minimum atomic E-state index is -0.755. The summed E-state index contributed by atoms with van der Waals surface area (Å²) in [4.78, 5) is 54.4. The summed E-state index contributed by atoms with van der Waals surface area (Å²) in [5, 5.41) is 4.29. The fourth-order valence-corrected chi connectivity index (χ4v) is 4.67. The molecule has 2 heterocycles. The standard InChI is InChI=1S/C28H32N4O5/c1-5-37-27(35)22-7-6-12-30(17-22)25(33)24-26(34)31(16-21-10-8-18(2)9-11-21)28(36)32(29-24)23-14-19(3)13-20(4)15-23/h8-11,13-15,22H,5-7,12,16-17H2,1-4H3/t22-/m0/s1. The van der Waals surface area contributed by atoms with Crippen molar-refractivity contribution in [3.8, 4) is 5.69 Å². The molecule has 4 rings (SSSR count). The quantitative estimate of drug-likeness (QED) is 0.478. The molecule has 3 aromatic rings. The van der Waals surface area contributed by atoms with Crippen LogP contribution in [0.3, 0.4) is 0 Å². The Labute approximate surface area is 215 Å². The summed E-state index contributed by atoms with van der Waals surface area (Å²) < 4.78 is 7.32. The number of nitrogens with zero attached hydrogens (tertiary/aromatic N) is 4. The first-order valence-electron chi connectivity index (χ1n) is 12.5. The predicted molar refractivity (Wildman–Crippen MR) is 139 cm³/mol. The molecule has 0 unspecified atom stereocenters. The zero-order chi connectivity index (χ0) is 26.7. The lowest BCUT2D eigenvalue weighted by molar-refractivity contribution is -0.149. The Morgan fingerprint density at radius 2 is 1.68 bits per heavy atom. The largest absolute Gasteiger partial charge is 0.466 e. The molecule has 0 bridgehead atoms. The lowest BCUT2D eigenvalue weighted by Gasteiger charge is -2.31. The molecule has 0 radical (unpaired) electrons. The van der Waals surface area contributed by atoms with Gasteiger partial charge in [0.15, 0.2) is 0 Å². The number of hydrogen-bond acceptors (Lipinski definition) is 6. The monoisotopic (exact) mass is 504 g/mol. The van der Waals surface area contributed by atoms with E-state index in [9.17, 15) is 19.2 Å². The fourth-order valence-electron chi connectivity index (χ4n) is 4.67. The van der Waals surface area contributed by atoms with Crippen LogP contribution >= 0.6 is 0 Å². The van der Waals surface area contributed by atoms with Gasteiger partial charge in [-0.25, -0.2) is 4.79 Å². The van der Waals surface area contributed by atoms with E-state index >= 15 is 0 Å². The van der Waals surface area contributed by atoms with Gasteiger partial charge in [0.2, 0.25) is 5.69 Å². The summed E-state index contributed by atoms with van der Waals surface area (Å²) in [6.45, 7) is 8.27. The van der Waals surface area contributed by atoms with Crippen molar-refractivity contribution in [2.75, 3.05) is 19.7 Å². The molecule has 1 atom stereocenters. The molecule has 1 aliphatic rings. The molecule has 9 nitrogen and oxygen atoms in total. The van der Waals surface area contributed by atoms with Crippen LogP contribution in [-0.4, -0.2) is 50.8 Å². The normalized spacial score (nSPS) is 15.5. The second kappa shape index (κ2) is 10.9. The lowest BCUT2D eigenvalue weighted by atomic mass is 9.98. The Morgan fingerprint density at radius 3 is 2.32 bits per heavy atom. The van der Waals surface area contributed by atoms with Crippen molar-refractivity contribution in [3.63, 3.8) is 0 Å². The Bertz CT molecular complexity index is 1420. The van der Waals surface area contributed by atoms with Crippen LogP contribution < -0.4 is 11.2 Å². The molecule has 0 aliphatic carbocycles. The van der Waals surface area contributed by atoms with Gasteiger partial charge >= 0.3 is 11.7 Å². The van der Waals surface area contributed by atoms with Gasteiger partial charge in [-0.3, -0.25) is 19.0 Å². The molecule has 0 saturated carbocycles. The average molecular weight is 505 g/mol. The van der Waals surface area contributed by atoms with E-state index in [4.69, 9.17) is 4.74 Å². The fraction of sp³-hybridized carbons (Fsp3) is 0.393. The summed E-state index contributed by atoms with van der Waals surface area (Å²) in [6.07, 6.45) is 1.21. The number of hydrogen-bond donors (Lipinski definition) is 0. The van der Waals surface area contributed by atoms with E-state index in [1.807, 2.05) is 51.1 Å². The van der Waals surface area contributed by atoms with Crippen molar-refractivity contribution in [2.45, 2.75) is 47.1 Å². The maximum atomic E-state index is 13.6. The molecule has 2 aromatic carbocycles.